The van der Waals surface area contributed by atoms with E-state index in [2.05, 4.69) is 0 Å². The van der Waals surface area contributed by atoms with Crippen LogP contribution in [0.4, 0.5) is 5.69 Å². The lowest BCUT2D eigenvalue weighted by Gasteiger charge is -2.37. The van der Waals surface area contributed by atoms with Crippen molar-refractivity contribution in [1.82, 2.24) is 0 Å². The van der Waals surface area contributed by atoms with Gasteiger partial charge in [-0.3, -0.25) is 14.4 Å². The fraction of sp³-hybridized carbons (Fsp3) is 0.171. The van der Waals surface area contributed by atoms with Gasteiger partial charge in [0, 0.05) is 39.9 Å². The van der Waals surface area contributed by atoms with Crippen LogP contribution in [0.15, 0.2) is 103 Å². The first kappa shape index (κ1) is 25.0. The summed E-state index contributed by atoms with van der Waals surface area (Å²) in [7, 11) is 3.11. The lowest BCUT2D eigenvalue weighted by atomic mass is 9.64. The van der Waals surface area contributed by atoms with Gasteiger partial charge >= 0.3 is 0 Å². The average Bonchev–Trinajstić information content (AvgIpc) is 3.46. The molecule has 41 heavy (non-hydrogen) atoms. The molecule has 1 saturated heterocycles. The second kappa shape index (κ2) is 9.30. The van der Waals surface area contributed by atoms with Crippen LogP contribution in [0, 0.1) is 5.41 Å². The number of hydrogen-bond acceptors (Lipinski definition) is 6. The van der Waals surface area contributed by atoms with Crippen LogP contribution < -0.4 is 14.4 Å². The summed E-state index contributed by atoms with van der Waals surface area (Å²) in [4.78, 5) is 46.2. The molecule has 0 aromatic heterocycles. The molecule has 6 nitrogen and oxygen atoms in total. The first-order valence-electron chi connectivity index (χ1n) is 13.6. The smallest absolute Gasteiger partial charge is 0.185 e. The summed E-state index contributed by atoms with van der Waals surface area (Å²) in [6.07, 6.45) is 3.88. The molecule has 202 valence electrons. The molecular weight excluding hydrogens is 514 g/mol. The molecule has 6 heteroatoms. The summed E-state index contributed by atoms with van der Waals surface area (Å²) < 4.78 is 11.3. The number of hydrogen-bond donors (Lipinski definition) is 0. The third-order valence-corrected chi connectivity index (χ3v) is 8.82. The van der Waals surface area contributed by atoms with Crippen LogP contribution in [0.5, 0.6) is 11.5 Å². The van der Waals surface area contributed by atoms with Gasteiger partial charge in [-0.1, -0.05) is 91.0 Å². The Balaban J connectivity index is 1.57. The largest absolute Gasteiger partial charge is 0.497 e. The molecule has 0 bridgehead atoms. The number of rotatable bonds is 5. The van der Waals surface area contributed by atoms with Gasteiger partial charge in [0.15, 0.2) is 17.3 Å². The van der Waals surface area contributed by atoms with E-state index in [9.17, 15) is 14.4 Å². The summed E-state index contributed by atoms with van der Waals surface area (Å²) in [6, 6.07) is 27.6. The van der Waals surface area contributed by atoms with E-state index in [-0.39, 0.29) is 17.3 Å². The third kappa shape index (κ3) is 3.34. The summed E-state index contributed by atoms with van der Waals surface area (Å²) >= 11 is 0. The molecule has 3 aliphatic rings. The maximum absolute atomic E-state index is 14.8. The van der Waals surface area contributed by atoms with Crippen LogP contribution in [0.1, 0.15) is 48.1 Å². The fourth-order valence-electron chi connectivity index (χ4n) is 7.11. The topological polar surface area (TPSA) is 72.9 Å². The molecule has 0 amide bonds. The lowest BCUT2D eigenvalue weighted by molar-refractivity contribution is 0.0665. The van der Waals surface area contributed by atoms with Gasteiger partial charge in [-0.05, 0) is 17.7 Å². The van der Waals surface area contributed by atoms with E-state index < -0.39 is 23.4 Å². The Kier molecular flexibility index (Phi) is 5.68. The monoisotopic (exact) mass is 541 g/mol. The number of Topliss-reactive ketones (excluding diaryl/α,β-unsaturated/α-hetero) is 3. The van der Waals surface area contributed by atoms with Crippen molar-refractivity contribution in [2.24, 2.45) is 5.41 Å². The molecule has 1 fully saturated rings. The van der Waals surface area contributed by atoms with Crippen molar-refractivity contribution in [3.63, 3.8) is 0 Å². The van der Waals surface area contributed by atoms with Crippen molar-refractivity contribution in [1.29, 1.82) is 0 Å². The van der Waals surface area contributed by atoms with Crippen LogP contribution in [0.2, 0.25) is 0 Å². The molecule has 1 aliphatic carbocycles. The molecule has 0 N–H and O–H groups in total. The highest BCUT2D eigenvalue weighted by molar-refractivity contribution is 6.32. The van der Waals surface area contributed by atoms with Gasteiger partial charge in [-0.15, -0.1) is 0 Å². The van der Waals surface area contributed by atoms with E-state index in [4.69, 9.17) is 9.47 Å². The van der Waals surface area contributed by atoms with Crippen LogP contribution in [-0.2, 0) is 0 Å². The van der Waals surface area contributed by atoms with Gasteiger partial charge in [-0.2, -0.15) is 0 Å². The molecular formula is C35H27NO5. The van der Waals surface area contributed by atoms with Gasteiger partial charge in [0.05, 0.1) is 20.3 Å². The van der Waals surface area contributed by atoms with Crippen molar-refractivity contribution < 1.29 is 23.9 Å². The summed E-state index contributed by atoms with van der Waals surface area (Å²) in [6.45, 7) is 0. The standard InChI is InChI=1S/C35H27NO5/c1-40-23-17-18-26(28(20-23)41-2)30-31(32(37)22-11-4-3-5-12-22)36-27-15-9-6-10-21(27)16-19-29(36)35(30)33(38)24-13-7-8-14-25(24)34(35)39/h3-20,29-31H,1-2H3/t29-,30-,31-/m1/s1. The zero-order valence-electron chi connectivity index (χ0n) is 22.6. The summed E-state index contributed by atoms with van der Waals surface area (Å²) in [5, 5.41) is 0. The quantitative estimate of drug-likeness (QED) is 0.227. The lowest BCUT2D eigenvalue weighted by Crippen LogP contribution is -2.48. The van der Waals surface area contributed by atoms with Crippen molar-refractivity contribution in [3.8, 4) is 11.5 Å². The predicted molar refractivity (Wildman–Crippen MR) is 156 cm³/mol. The van der Waals surface area contributed by atoms with Crippen LogP contribution >= 0.6 is 0 Å². The van der Waals surface area contributed by atoms with Crippen molar-refractivity contribution >= 4 is 29.1 Å². The molecule has 1 spiro atoms. The SMILES string of the molecule is COc1ccc([C@@H]2[C@H](C(=O)c3ccccc3)N3c4ccccc4C=C[C@@H]3C23C(=O)c2ccccc2C3=O)c(OC)c1. The molecule has 2 heterocycles. The van der Waals surface area contributed by atoms with Crippen molar-refractivity contribution in [3.05, 3.63) is 131 Å². The highest BCUT2D eigenvalue weighted by Gasteiger charge is 2.71. The normalized spacial score (nSPS) is 21.4. The maximum atomic E-state index is 14.8. The Morgan fingerprint density at radius 3 is 2.12 bits per heavy atom. The van der Waals surface area contributed by atoms with E-state index in [1.165, 1.54) is 0 Å². The van der Waals surface area contributed by atoms with Crippen molar-refractivity contribution in [2.45, 2.75) is 18.0 Å². The zero-order valence-corrected chi connectivity index (χ0v) is 22.6. The van der Waals surface area contributed by atoms with Crippen LogP contribution in [-0.4, -0.2) is 43.7 Å². The maximum Gasteiger partial charge on any atom is 0.185 e. The van der Waals surface area contributed by atoms with Gasteiger partial charge in [0.25, 0.3) is 0 Å². The second-order valence-corrected chi connectivity index (χ2v) is 10.6. The third-order valence-electron chi connectivity index (χ3n) is 8.82. The minimum absolute atomic E-state index is 0.169. The number of ether oxygens (including phenoxy) is 2. The summed E-state index contributed by atoms with van der Waals surface area (Å²) in [5.74, 6) is -0.555. The number of para-hydroxylation sites is 1. The van der Waals surface area contributed by atoms with Gasteiger partial charge in [0.2, 0.25) is 0 Å². The summed E-state index contributed by atoms with van der Waals surface area (Å²) in [5.41, 5.74) is 2.02. The molecule has 3 atom stereocenters. The number of nitrogens with zero attached hydrogens (tertiary/aromatic N) is 1. The Labute approximate surface area is 237 Å². The van der Waals surface area contributed by atoms with Gasteiger partial charge in [0.1, 0.15) is 23.0 Å². The van der Waals surface area contributed by atoms with E-state index in [0.29, 0.717) is 33.8 Å². The number of methoxy groups -OCH3 is 2. The van der Waals surface area contributed by atoms with Crippen molar-refractivity contribution in [2.75, 3.05) is 19.1 Å². The molecule has 0 unspecified atom stereocenters. The number of fused-ring (bicyclic) bond motifs is 5. The Bertz CT molecular complexity index is 1720. The number of carbonyl (C=O) groups is 3. The van der Waals surface area contributed by atoms with Crippen LogP contribution in [0.25, 0.3) is 6.08 Å². The molecule has 4 aromatic carbocycles. The Hall–Kier alpha value is -4.97. The minimum Gasteiger partial charge on any atom is -0.497 e. The molecule has 0 radical (unpaired) electrons. The molecule has 7 rings (SSSR count). The number of ketones is 3. The van der Waals surface area contributed by atoms with E-state index in [0.717, 1.165) is 11.3 Å². The van der Waals surface area contributed by atoms with E-state index >= 15 is 0 Å². The van der Waals surface area contributed by atoms with Gasteiger partial charge in [-0.25, -0.2) is 0 Å². The molecule has 2 aliphatic heterocycles. The molecule has 4 aromatic rings. The average molecular weight is 542 g/mol. The number of benzene rings is 4. The minimum atomic E-state index is -1.59. The second-order valence-electron chi connectivity index (χ2n) is 10.6. The zero-order chi connectivity index (χ0) is 28.3. The number of carbonyl (C=O) groups excluding carboxylic acids is 3. The number of anilines is 1. The predicted octanol–water partition coefficient (Wildman–Crippen LogP) is 6.02. The Morgan fingerprint density at radius 1 is 0.780 bits per heavy atom. The molecule has 0 saturated carbocycles. The Morgan fingerprint density at radius 2 is 1.44 bits per heavy atom. The van der Waals surface area contributed by atoms with E-state index in [1.807, 2.05) is 65.6 Å². The first-order chi connectivity index (χ1) is 20.0. The van der Waals surface area contributed by atoms with E-state index in [1.54, 1.807) is 62.8 Å². The first-order valence-corrected chi connectivity index (χ1v) is 13.6. The highest BCUT2D eigenvalue weighted by Crippen LogP contribution is 2.62. The van der Waals surface area contributed by atoms with Gasteiger partial charge < -0.3 is 14.4 Å². The van der Waals surface area contributed by atoms with Crippen LogP contribution in [0.3, 0.4) is 0 Å². The highest BCUT2D eigenvalue weighted by atomic mass is 16.5. The fourth-order valence-corrected chi connectivity index (χ4v) is 7.11.